The molecule has 1 aromatic rings. The molecule has 1 aliphatic rings. The minimum absolute atomic E-state index is 0.0415. The van der Waals surface area contributed by atoms with E-state index in [1.54, 1.807) is 6.07 Å². The highest BCUT2D eigenvalue weighted by atomic mass is 19.1. The van der Waals surface area contributed by atoms with Crippen molar-refractivity contribution >= 4 is 0 Å². The molecule has 0 amide bonds. The SMILES string of the molecule is CC(C)(CCO)NCC1Cc2cc(F)ccc2O1. The highest BCUT2D eigenvalue weighted by Gasteiger charge is 2.25. The van der Waals surface area contributed by atoms with Gasteiger partial charge in [0.25, 0.3) is 0 Å². The van der Waals surface area contributed by atoms with Crippen LogP contribution in [0.4, 0.5) is 4.39 Å². The first kappa shape index (κ1) is 13.3. The molecule has 0 spiro atoms. The van der Waals surface area contributed by atoms with E-state index in [2.05, 4.69) is 5.32 Å². The van der Waals surface area contributed by atoms with Gasteiger partial charge in [-0.25, -0.2) is 4.39 Å². The summed E-state index contributed by atoms with van der Waals surface area (Å²) in [6.07, 6.45) is 1.47. The van der Waals surface area contributed by atoms with Crippen molar-refractivity contribution in [1.29, 1.82) is 0 Å². The van der Waals surface area contributed by atoms with Gasteiger partial charge in [0, 0.05) is 30.7 Å². The second-order valence-corrected chi connectivity index (χ2v) is 5.43. The van der Waals surface area contributed by atoms with E-state index >= 15 is 0 Å². The number of benzene rings is 1. The standard InChI is InChI=1S/C14H20FNO2/c1-14(2,5-6-17)16-9-12-8-10-7-11(15)3-4-13(10)18-12/h3-4,7,12,16-17H,5-6,8-9H2,1-2H3. The van der Waals surface area contributed by atoms with Crippen molar-refractivity contribution in [1.82, 2.24) is 5.32 Å². The zero-order chi connectivity index (χ0) is 13.2. The van der Waals surface area contributed by atoms with Gasteiger partial charge in [-0.1, -0.05) is 0 Å². The van der Waals surface area contributed by atoms with Crippen LogP contribution >= 0.6 is 0 Å². The van der Waals surface area contributed by atoms with Crippen LogP contribution in [-0.2, 0) is 6.42 Å². The first-order valence-corrected chi connectivity index (χ1v) is 6.31. The number of ether oxygens (including phenoxy) is 1. The molecule has 0 saturated carbocycles. The molecule has 2 rings (SSSR count). The minimum atomic E-state index is -0.216. The molecule has 18 heavy (non-hydrogen) atoms. The van der Waals surface area contributed by atoms with Crippen LogP contribution in [0.5, 0.6) is 5.75 Å². The Hall–Kier alpha value is -1.13. The van der Waals surface area contributed by atoms with Crippen molar-refractivity contribution in [2.24, 2.45) is 0 Å². The Balaban J connectivity index is 1.88. The fourth-order valence-corrected chi connectivity index (χ4v) is 2.16. The molecule has 3 nitrogen and oxygen atoms in total. The monoisotopic (exact) mass is 253 g/mol. The zero-order valence-electron chi connectivity index (χ0n) is 10.9. The lowest BCUT2D eigenvalue weighted by molar-refractivity contribution is 0.187. The van der Waals surface area contributed by atoms with Gasteiger partial charge in [-0.05, 0) is 38.5 Å². The van der Waals surface area contributed by atoms with E-state index in [0.29, 0.717) is 13.0 Å². The maximum Gasteiger partial charge on any atom is 0.123 e. The Kier molecular flexibility index (Phi) is 3.88. The highest BCUT2D eigenvalue weighted by molar-refractivity contribution is 5.37. The van der Waals surface area contributed by atoms with Crippen molar-refractivity contribution in [3.63, 3.8) is 0 Å². The molecule has 0 fully saturated rings. The first-order valence-electron chi connectivity index (χ1n) is 6.31. The predicted molar refractivity (Wildman–Crippen MR) is 68.3 cm³/mol. The summed E-state index contributed by atoms with van der Waals surface area (Å²) >= 11 is 0. The summed E-state index contributed by atoms with van der Waals surface area (Å²) in [5.41, 5.74) is 0.819. The number of fused-ring (bicyclic) bond motifs is 1. The second kappa shape index (κ2) is 5.24. The lowest BCUT2D eigenvalue weighted by atomic mass is 10.0. The lowest BCUT2D eigenvalue weighted by Gasteiger charge is -2.27. The van der Waals surface area contributed by atoms with Gasteiger partial charge in [0.2, 0.25) is 0 Å². The highest BCUT2D eigenvalue weighted by Crippen LogP contribution is 2.29. The summed E-state index contributed by atoms with van der Waals surface area (Å²) in [6, 6.07) is 4.64. The Bertz CT molecular complexity index is 420. The number of nitrogens with one attached hydrogen (secondary N) is 1. The van der Waals surface area contributed by atoms with Crippen LogP contribution in [0.3, 0.4) is 0 Å². The van der Waals surface area contributed by atoms with Crippen LogP contribution in [0.2, 0.25) is 0 Å². The maximum absolute atomic E-state index is 13.1. The molecule has 0 bridgehead atoms. The van der Waals surface area contributed by atoms with E-state index in [4.69, 9.17) is 9.84 Å². The molecule has 1 aromatic carbocycles. The van der Waals surface area contributed by atoms with Gasteiger partial charge in [0.05, 0.1) is 0 Å². The Morgan fingerprint density at radius 3 is 3.00 bits per heavy atom. The fourth-order valence-electron chi connectivity index (χ4n) is 2.16. The number of hydrogen-bond acceptors (Lipinski definition) is 3. The van der Waals surface area contributed by atoms with Crippen molar-refractivity contribution in [2.75, 3.05) is 13.2 Å². The predicted octanol–water partition coefficient (Wildman–Crippen LogP) is 1.88. The van der Waals surface area contributed by atoms with E-state index in [1.165, 1.54) is 12.1 Å². The van der Waals surface area contributed by atoms with Gasteiger partial charge in [0.15, 0.2) is 0 Å². The minimum Gasteiger partial charge on any atom is -0.488 e. The zero-order valence-corrected chi connectivity index (χ0v) is 10.9. The topological polar surface area (TPSA) is 41.5 Å². The number of halogens is 1. The molecule has 0 radical (unpaired) electrons. The van der Waals surface area contributed by atoms with Gasteiger partial charge in [-0.2, -0.15) is 0 Å². The van der Waals surface area contributed by atoms with Crippen molar-refractivity contribution < 1.29 is 14.2 Å². The molecule has 0 saturated heterocycles. The number of aliphatic hydroxyl groups is 1. The van der Waals surface area contributed by atoms with Crippen LogP contribution in [0.1, 0.15) is 25.8 Å². The number of rotatable bonds is 5. The molecular formula is C14H20FNO2. The van der Waals surface area contributed by atoms with E-state index in [-0.39, 0.29) is 24.1 Å². The van der Waals surface area contributed by atoms with Gasteiger partial charge < -0.3 is 15.2 Å². The van der Waals surface area contributed by atoms with Crippen LogP contribution in [0, 0.1) is 5.82 Å². The van der Waals surface area contributed by atoms with E-state index < -0.39 is 0 Å². The molecule has 1 unspecified atom stereocenters. The van der Waals surface area contributed by atoms with Crippen molar-refractivity contribution in [2.45, 2.75) is 38.3 Å². The largest absolute Gasteiger partial charge is 0.488 e. The number of aliphatic hydroxyl groups excluding tert-OH is 1. The van der Waals surface area contributed by atoms with Crippen LogP contribution < -0.4 is 10.1 Å². The summed E-state index contributed by atoms with van der Waals surface area (Å²) in [5.74, 6) is 0.565. The molecule has 2 N–H and O–H groups in total. The molecule has 4 heteroatoms. The quantitative estimate of drug-likeness (QED) is 0.842. The molecular weight excluding hydrogens is 233 g/mol. The van der Waals surface area contributed by atoms with Crippen molar-refractivity contribution in [3.05, 3.63) is 29.6 Å². The second-order valence-electron chi connectivity index (χ2n) is 5.43. The third kappa shape index (κ3) is 3.21. The smallest absolute Gasteiger partial charge is 0.123 e. The molecule has 1 heterocycles. The number of hydrogen-bond donors (Lipinski definition) is 2. The Labute approximate surface area is 107 Å². The third-order valence-corrected chi connectivity index (χ3v) is 3.31. The van der Waals surface area contributed by atoms with Gasteiger partial charge in [-0.15, -0.1) is 0 Å². The maximum atomic E-state index is 13.1. The fraction of sp³-hybridized carbons (Fsp3) is 0.571. The van der Waals surface area contributed by atoms with Gasteiger partial charge in [-0.3, -0.25) is 0 Å². The summed E-state index contributed by atoms with van der Waals surface area (Å²) in [6.45, 7) is 4.95. The molecule has 0 aliphatic carbocycles. The molecule has 0 aromatic heterocycles. The average molecular weight is 253 g/mol. The van der Waals surface area contributed by atoms with Crippen LogP contribution in [0.15, 0.2) is 18.2 Å². The average Bonchev–Trinajstić information content (AvgIpc) is 2.68. The van der Waals surface area contributed by atoms with E-state index in [1.807, 2.05) is 13.8 Å². The summed E-state index contributed by atoms with van der Waals surface area (Å²) in [4.78, 5) is 0. The summed E-state index contributed by atoms with van der Waals surface area (Å²) in [5, 5.41) is 12.3. The van der Waals surface area contributed by atoms with Gasteiger partial charge in [0.1, 0.15) is 17.7 Å². The van der Waals surface area contributed by atoms with E-state index in [0.717, 1.165) is 17.7 Å². The van der Waals surface area contributed by atoms with E-state index in [9.17, 15) is 4.39 Å². The third-order valence-electron chi connectivity index (χ3n) is 3.31. The molecule has 1 atom stereocenters. The van der Waals surface area contributed by atoms with Crippen LogP contribution in [0.25, 0.3) is 0 Å². The molecule has 1 aliphatic heterocycles. The molecule has 100 valence electrons. The normalized spacial score (nSPS) is 18.6. The Morgan fingerprint density at radius 2 is 2.28 bits per heavy atom. The van der Waals surface area contributed by atoms with Crippen LogP contribution in [-0.4, -0.2) is 29.9 Å². The van der Waals surface area contributed by atoms with Gasteiger partial charge >= 0.3 is 0 Å². The lowest BCUT2D eigenvalue weighted by Crippen LogP contribution is -2.45. The summed E-state index contributed by atoms with van der Waals surface area (Å²) in [7, 11) is 0. The first-order chi connectivity index (χ1) is 8.50. The Morgan fingerprint density at radius 1 is 1.50 bits per heavy atom. The van der Waals surface area contributed by atoms with Crippen molar-refractivity contribution in [3.8, 4) is 5.75 Å². The summed E-state index contributed by atoms with van der Waals surface area (Å²) < 4.78 is 18.8.